The van der Waals surface area contributed by atoms with Crippen LogP contribution in [0.5, 0.6) is 0 Å². The maximum atomic E-state index is 12.6. The Morgan fingerprint density at radius 3 is 2.19 bits per heavy atom. The van der Waals surface area contributed by atoms with Crippen LogP contribution in [-0.4, -0.2) is 40.8 Å². The first-order valence-corrected chi connectivity index (χ1v) is 8.19. The van der Waals surface area contributed by atoms with Gasteiger partial charge in [-0.2, -0.15) is 0 Å². The summed E-state index contributed by atoms with van der Waals surface area (Å²) in [5.74, 6) is -0.259. The summed E-state index contributed by atoms with van der Waals surface area (Å²) in [6.07, 6.45) is 4.36. The molecule has 0 aromatic heterocycles. The number of nitrogens with zero attached hydrogens (tertiary/aromatic N) is 1. The van der Waals surface area contributed by atoms with E-state index in [9.17, 15) is 9.59 Å². The molecular weight excluding hydrogens is 286 g/mol. The third-order valence-electron chi connectivity index (χ3n) is 4.41. The van der Waals surface area contributed by atoms with Gasteiger partial charge >= 0.3 is 0 Å². The molecule has 1 atom stereocenters. The summed E-state index contributed by atoms with van der Waals surface area (Å²) in [5.41, 5.74) is 5.07. The molecule has 120 valence electrons. The van der Waals surface area contributed by atoms with Crippen LogP contribution in [0.25, 0.3) is 0 Å². The third kappa shape index (κ3) is 3.93. The molecule has 1 saturated carbocycles. The topological polar surface area (TPSA) is 75.4 Å². The Morgan fingerprint density at radius 1 is 1.24 bits per heavy atom. The quantitative estimate of drug-likeness (QED) is 0.730. The molecule has 0 aromatic rings. The van der Waals surface area contributed by atoms with Crippen molar-refractivity contribution in [2.24, 2.45) is 11.1 Å². The molecule has 0 spiro atoms. The van der Waals surface area contributed by atoms with Gasteiger partial charge < -0.3 is 16.0 Å². The molecule has 0 saturated heterocycles. The SMILES string of the molecule is CCN(CC)C(=O)C(C)NC(=O)C1(C(N)=S)CCCCC1. The van der Waals surface area contributed by atoms with Crippen molar-refractivity contribution in [2.45, 2.75) is 58.9 Å². The van der Waals surface area contributed by atoms with Gasteiger partial charge in [0.25, 0.3) is 0 Å². The average molecular weight is 313 g/mol. The summed E-state index contributed by atoms with van der Waals surface area (Å²) in [6.45, 7) is 6.84. The molecule has 21 heavy (non-hydrogen) atoms. The van der Waals surface area contributed by atoms with Crippen molar-refractivity contribution in [3.8, 4) is 0 Å². The van der Waals surface area contributed by atoms with Crippen molar-refractivity contribution in [1.29, 1.82) is 0 Å². The molecule has 5 nitrogen and oxygen atoms in total. The van der Waals surface area contributed by atoms with Crippen molar-refractivity contribution in [1.82, 2.24) is 10.2 Å². The smallest absolute Gasteiger partial charge is 0.244 e. The Balaban J connectivity index is 2.78. The fourth-order valence-corrected chi connectivity index (χ4v) is 3.24. The molecule has 0 radical (unpaired) electrons. The Bertz CT molecular complexity index is 402. The zero-order valence-corrected chi connectivity index (χ0v) is 14.1. The predicted octanol–water partition coefficient (Wildman–Crippen LogP) is 1.60. The summed E-state index contributed by atoms with van der Waals surface area (Å²) in [5, 5.41) is 2.82. The van der Waals surface area contributed by atoms with E-state index in [4.69, 9.17) is 18.0 Å². The molecular formula is C15H27N3O2S. The minimum absolute atomic E-state index is 0.0674. The zero-order chi connectivity index (χ0) is 16.0. The van der Waals surface area contributed by atoms with Crippen LogP contribution in [0.4, 0.5) is 0 Å². The van der Waals surface area contributed by atoms with Crippen LogP contribution >= 0.6 is 12.2 Å². The highest BCUT2D eigenvalue weighted by atomic mass is 32.1. The predicted molar refractivity (Wildman–Crippen MR) is 87.8 cm³/mol. The second-order valence-corrected chi connectivity index (χ2v) is 6.15. The monoisotopic (exact) mass is 313 g/mol. The van der Waals surface area contributed by atoms with Gasteiger partial charge in [0.2, 0.25) is 11.8 Å². The molecule has 1 aliphatic carbocycles. The minimum atomic E-state index is -0.772. The molecule has 6 heteroatoms. The highest BCUT2D eigenvalue weighted by molar-refractivity contribution is 7.80. The molecule has 0 heterocycles. The normalized spacial score (nSPS) is 18.6. The van der Waals surface area contributed by atoms with Crippen molar-refractivity contribution >= 4 is 29.0 Å². The molecule has 0 bridgehead atoms. The lowest BCUT2D eigenvalue weighted by Crippen LogP contribution is -2.55. The van der Waals surface area contributed by atoms with Gasteiger partial charge in [0.15, 0.2) is 0 Å². The van der Waals surface area contributed by atoms with E-state index in [1.807, 2.05) is 13.8 Å². The maximum Gasteiger partial charge on any atom is 0.244 e. The van der Waals surface area contributed by atoms with Gasteiger partial charge in [0.05, 0.1) is 10.4 Å². The van der Waals surface area contributed by atoms with Gasteiger partial charge in [-0.05, 0) is 33.6 Å². The first-order chi connectivity index (χ1) is 9.89. The van der Waals surface area contributed by atoms with Gasteiger partial charge in [0.1, 0.15) is 6.04 Å². The van der Waals surface area contributed by atoms with E-state index in [0.717, 1.165) is 19.3 Å². The van der Waals surface area contributed by atoms with E-state index >= 15 is 0 Å². The van der Waals surface area contributed by atoms with Gasteiger partial charge in [0, 0.05) is 13.1 Å². The summed E-state index contributed by atoms with van der Waals surface area (Å²) < 4.78 is 0. The number of rotatable bonds is 6. The lowest BCUT2D eigenvalue weighted by Gasteiger charge is -2.36. The molecule has 0 aliphatic heterocycles. The van der Waals surface area contributed by atoms with Crippen LogP contribution in [0.15, 0.2) is 0 Å². The maximum absolute atomic E-state index is 12.6. The van der Waals surface area contributed by atoms with Crippen LogP contribution in [-0.2, 0) is 9.59 Å². The van der Waals surface area contributed by atoms with Gasteiger partial charge in [-0.1, -0.05) is 31.5 Å². The second-order valence-electron chi connectivity index (χ2n) is 5.71. The third-order valence-corrected chi connectivity index (χ3v) is 4.80. The molecule has 1 unspecified atom stereocenters. The number of hydrogen-bond donors (Lipinski definition) is 2. The molecule has 0 aromatic carbocycles. The average Bonchev–Trinajstić information content (AvgIpc) is 2.48. The molecule has 2 amide bonds. The summed E-state index contributed by atoms with van der Waals surface area (Å²) in [4.78, 5) is 26.8. The lowest BCUT2D eigenvalue weighted by molar-refractivity contribution is -0.138. The number of nitrogens with two attached hydrogens (primary N) is 1. The van der Waals surface area contributed by atoms with Crippen LogP contribution in [0.3, 0.4) is 0 Å². The Labute approximate surface area is 132 Å². The molecule has 1 rings (SSSR count). The fourth-order valence-electron chi connectivity index (χ4n) is 2.95. The van der Waals surface area contributed by atoms with Crippen molar-refractivity contribution in [3.05, 3.63) is 0 Å². The minimum Gasteiger partial charge on any atom is -0.392 e. The molecule has 1 fully saturated rings. The fraction of sp³-hybridized carbons (Fsp3) is 0.800. The van der Waals surface area contributed by atoms with Crippen molar-refractivity contribution in [3.63, 3.8) is 0 Å². The number of thiocarbonyl (C=S) groups is 1. The van der Waals surface area contributed by atoms with Crippen molar-refractivity contribution < 1.29 is 9.59 Å². The van der Waals surface area contributed by atoms with E-state index in [-0.39, 0.29) is 16.8 Å². The zero-order valence-electron chi connectivity index (χ0n) is 13.3. The van der Waals surface area contributed by atoms with E-state index in [1.54, 1.807) is 11.8 Å². The highest BCUT2D eigenvalue weighted by Crippen LogP contribution is 2.37. The van der Waals surface area contributed by atoms with E-state index in [2.05, 4.69) is 5.32 Å². The number of hydrogen-bond acceptors (Lipinski definition) is 3. The number of nitrogens with one attached hydrogen (secondary N) is 1. The van der Waals surface area contributed by atoms with Gasteiger partial charge in [-0.25, -0.2) is 0 Å². The summed E-state index contributed by atoms with van der Waals surface area (Å²) >= 11 is 5.14. The van der Waals surface area contributed by atoms with Crippen LogP contribution < -0.4 is 11.1 Å². The van der Waals surface area contributed by atoms with Gasteiger partial charge in [-0.15, -0.1) is 0 Å². The van der Waals surface area contributed by atoms with E-state index in [1.165, 1.54) is 0 Å². The van der Waals surface area contributed by atoms with Crippen LogP contribution in [0, 0.1) is 5.41 Å². The Morgan fingerprint density at radius 2 is 1.76 bits per heavy atom. The number of carbonyl (C=O) groups excluding carboxylic acids is 2. The number of amides is 2. The van der Waals surface area contributed by atoms with Crippen LogP contribution in [0.2, 0.25) is 0 Å². The molecule has 1 aliphatic rings. The highest BCUT2D eigenvalue weighted by Gasteiger charge is 2.43. The van der Waals surface area contributed by atoms with Crippen molar-refractivity contribution in [2.75, 3.05) is 13.1 Å². The van der Waals surface area contributed by atoms with E-state index < -0.39 is 11.5 Å². The number of carbonyl (C=O) groups is 2. The van der Waals surface area contributed by atoms with Crippen LogP contribution in [0.1, 0.15) is 52.9 Å². The largest absolute Gasteiger partial charge is 0.392 e. The summed E-state index contributed by atoms with van der Waals surface area (Å²) in [7, 11) is 0. The summed E-state index contributed by atoms with van der Waals surface area (Å²) in [6, 6.07) is -0.550. The first-order valence-electron chi connectivity index (χ1n) is 7.78. The van der Waals surface area contributed by atoms with E-state index in [0.29, 0.717) is 25.9 Å². The lowest BCUT2D eigenvalue weighted by atomic mass is 9.73. The molecule has 3 N–H and O–H groups in total. The number of likely N-dealkylation sites (N-methyl/N-ethyl adjacent to an activating group) is 1. The van der Waals surface area contributed by atoms with Gasteiger partial charge in [-0.3, -0.25) is 9.59 Å². The Hall–Kier alpha value is -1.17. The first kappa shape index (κ1) is 17.9. The second kappa shape index (κ2) is 7.73. The standard InChI is InChI=1S/C15H27N3O2S/c1-4-18(5-2)12(19)11(3)17-14(20)15(13(16)21)9-7-6-8-10-15/h11H,4-10H2,1-3H3,(H2,16,21)(H,17,20). The Kier molecular flexibility index (Phi) is 6.58.